The molecule has 5 rings (SSSR count). The minimum atomic E-state index is 0.397. The maximum Gasteiger partial charge on any atom is 0.183 e. The lowest BCUT2D eigenvalue weighted by Crippen LogP contribution is -2.44. The molecule has 1 saturated heterocycles. The van der Waals surface area contributed by atoms with Gasteiger partial charge in [-0.1, -0.05) is 35.5 Å². The Hall–Kier alpha value is -2.54. The van der Waals surface area contributed by atoms with Crippen LogP contribution in [0.1, 0.15) is 38.2 Å². The van der Waals surface area contributed by atoms with Crippen molar-refractivity contribution in [3.63, 3.8) is 0 Å². The van der Waals surface area contributed by atoms with Crippen LogP contribution in [0.3, 0.4) is 0 Å². The second-order valence-electron chi connectivity index (χ2n) is 8.28. The molecule has 1 N–H and O–H groups in total. The summed E-state index contributed by atoms with van der Waals surface area (Å²) in [5.74, 6) is 1.56. The van der Waals surface area contributed by atoms with E-state index in [9.17, 15) is 0 Å². The largest absolute Gasteiger partial charge is 0.365 e. The second kappa shape index (κ2) is 7.47. The van der Waals surface area contributed by atoms with Crippen LogP contribution >= 0.6 is 0 Å². The number of rotatable bonds is 6. The smallest absolute Gasteiger partial charge is 0.183 e. The molecule has 0 spiro atoms. The molecule has 146 valence electrons. The minimum absolute atomic E-state index is 0.397. The number of likely N-dealkylation sites (tertiary alicyclic amines) is 1. The van der Waals surface area contributed by atoms with Crippen LogP contribution in [0.25, 0.3) is 11.2 Å². The van der Waals surface area contributed by atoms with Crippen molar-refractivity contribution in [1.82, 2.24) is 29.9 Å². The molecule has 1 aliphatic carbocycles. The lowest BCUT2D eigenvalue weighted by atomic mass is 9.97. The molecule has 1 aliphatic heterocycles. The lowest BCUT2D eigenvalue weighted by Gasteiger charge is -2.38. The number of hydrogen-bond donors (Lipinski definition) is 1. The van der Waals surface area contributed by atoms with Gasteiger partial charge in [-0.05, 0) is 44.1 Å². The molecule has 0 amide bonds. The van der Waals surface area contributed by atoms with Gasteiger partial charge in [0.05, 0.1) is 0 Å². The van der Waals surface area contributed by atoms with Crippen LogP contribution in [-0.4, -0.2) is 48.5 Å². The summed E-state index contributed by atoms with van der Waals surface area (Å²) < 4.78 is 1.94. The molecule has 7 heteroatoms. The third-order valence-electron chi connectivity index (χ3n) is 6.01. The first-order valence-electron chi connectivity index (χ1n) is 10.3. The van der Waals surface area contributed by atoms with Crippen molar-refractivity contribution in [2.45, 2.75) is 57.8 Å². The summed E-state index contributed by atoms with van der Waals surface area (Å²) in [5.41, 5.74) is 3.02. The summed E-state index contributed by atoms with van der Waals surface area (Å²) in [6, 6.07) is 11.6. The average molecular weight is 377 g/mol. The molecule has 2 aromatic heterocycles. The van der Waals surface area contributed by atoms with Gasteiger partial charge in [-0.25, -0.2) is 14.6 Å². The standard InChI is InChI=1S/C21H27N7/c1-15-11-18(9-10-27(15)12-16-5-3-2-4-6-16)24-20-19-21(23-14-22-20)28(26-25-19)13-17-7-8-17/h2-6,14-15,17-18H,7-13H2,1H3,(H,22,23,24). The van der Waals surface area contributed by atoms with Crippen LogP contribution in [0.5, 0.6) is 0 Å². The fourth-order valence-electron chi connectivity index (χ4n) is 4.16. The van der Waals surface area contributed by atoms with E-state index in [4.69, 9.17) is 0 Å². The number of anilines is 1. The topological polar surface area (TPSA) is 71.8 Å². The fourth-order valence-corrected chi connectivity index (χ4v) is 4.16. The number of nitrogens with one attached hydrogen (secondary N) is 1. The normalized spacial score (nSPS) is 23.2. The van der Waals surface area contributed by atoms with Gasteiger partial charge in [0.15, 0.2) is 17.0 Å². The molecule has 1 aromatic carbocycles. The molecule has 2 unspecified atom stereocenters. The Labute approximate surface area is 165 Å². The highest BCUT2D eigenvalue weighted by Gasteiger charge is 2.27. The van der Waals surface area contributed by atoms with Crippen LogP contribution in [0.4, 0.5) is 5.82 Å². The van der Waals surface area contributed by atoms with E-state index in [-0.39, 0.29) is 0 Å². The van der Waals surface area contributed by atoms with Gasteiger partial charge in [-0.15, -0.1) is 5.10 Å². The highest BCUT2D eigenvalue weighted by atomic mass is 15.4. The monoisotopic (exact) mass is 377 g/mol. The minimum Gasteiger partial charge on any atom is -0.365 e. The van der Waals surface area contributed by atoms with E-state index < -0.39 is 0 Å². The summed E-state index contributed by atoms with van der Waals surface area (Å²) in [7, 11) is 0. The fraction of sp³-hybridized carbons (Fsp3) is 0.524. The van der Waals surface area contributed by atoms with Crippen molar-refractivity contribution in [3.05, 3.63) is 42.2 Å². The molecule has 2 atom stereocenters. The van der Waals surface area contributed by atoms with E-state index in [1.54, 1.807) is 6.33 Å². The summed E-state index contributed by atoms with van der Waals surface area (Å²) in [6.45, 7) is 5.33. The van der Waals surface area contributed by atoms with Gasteiger partial charge in [0.25, 0.3) is 0 Å². The number of aromatic nitrogens is 5. The summed E-state index contributed by atoms with van der Waals surface area (Å²) in [6.07, 6.45) is 6.40. The molecule has 2 aliphatic rings. The molecule has 2 fully saturated rings. The van der Waals surface area contributed by atoms with Gasteiger partial charge >= 0.3 is 0 Å². The Bertz CT molecular complexity index is 934. The number of benzene rings is 1. The Morgan fingerprint density at radius 3 is 2.75 bits per heavy atom. The van der Waals surface area contributed by atoms with Crippen LogP contribution < -0.4 is 5.32 Å². The maximum absolute atomic E-state index is 4.47. The van der Waals surface area contributed by atoms with Crippen molar-refractivity contribution >= 4 is 17.0 Å². The van der Waals surface area contributed by atoms with Crippen molar-refractivity contribution in [1.29, 1.82) is 0 Å². The summed E-state index contributed by atoms with van der Waals surface area (Å²) in [4.78, 5) is 11.5. The maximum atomic E-state index is 4.47. The van der Waals surface area contributed by atoms with Gasteiger partial charge in [0, 0.05) is 31.7 Å². The molecule has 28 heavy (non-hydrogen) atoms. The first kappa shape index (κ1) is 17.6. The Morgan fingerprint density at radius 2 is 1.96 bits per heavy atom. The van der Waals surface area contributed by atoms with Gasteiger partial charge in [-0.3, -0.25) is 4.90 Å². The number of hydrogen-bond acceptors (Lipinski definition) is 6. The van der Waals surface area contributed by atoms with Crippen molar-refractivity contribution in [3.8, 4) is 0 Å². The summed E-state index contributed by atoms with van der Waals surface area (Å²) >= 11 is 0. The van der Waals surface area contributed by atoms with E-state index in [0.717, 1.165) is 55.4 Å². The summed E-state index contributed by atoms with van der Waals surface area (Å²) in [5, 5.41) is 12.3. The van der Waals surface area contributed by atoms with E-state index in [1.165, 1.54) is 18.4 Å². The van der Waals surface area contributed by atoms with Gasteiger partial charge in [-0.2, -0.15) is 0 Å². The number of fused-ring (bicyclic) bond motifs is 1. The van der Waals surface area contributed by atoms with Gasteiger partial charge < -0.3 is 5.32 Å². The zero-order valence-corrected chi connectivity index (χ0v) is 16.3. The van der Waals surface area contributed by atoms with Crippen molar-refractivity contribution in [2.75, 3.05) is 11.9 Å². The molecule has 7 nitrogen and oxygen atoms in total. The van der Waals surface area contributed by atoms with Crippen LogP contribution in [0.2, 0.25) is 0 Å². The highest BCUT2D eigenvalue weighted by molar-refractivity contribution is 5.81. The van der Waals surface area contributed by atoms with Gasteiger partial charge in [0.1, 0.15) is 6.33 Å². The van der Waals surface area contributed by atoms with E-state index >= 15 is 0 Å². The van der Waals surface area contributed by atoms with Crippen molar-refractivity contribution in [2.24, 2.45) is 5.92 Å². The zero-order chi connectivity index (χ0) is 18.9. The van der Waals surface area contributed by atoms with Crippen molar-refractivity contribution < 1.29 is 0 Å². The molecule has 1 saturated carbocycles. The third-order valence-corrected chi connectivity index (χ3v) is 6.01. The van der Waals surface area contributed by atoms with Crippen LogP contribution in [0.15, 0.2) is 36.7 Å². The number of nitrogens with zero attached hydrogens (tertiary/aromatic N) is 6. The van der Waals surface area contributed by atoms with Crippen LogP contribution in [-0.2, 0) is 13.1 Å². The van der Waals surface area contributed by atoms with Gasteiger partial charge in [0.2, 0.25) is 0 Å². The van der Waals surface area contributed by atoms with E-state index in [1.807, 2.05) is 4.68 Å². The molecular formula is C21H27N7. The Balaban J connectivity index is 1.25. The first-order chi connectivity index (χ1) is 13.8. The molecule has 3 heterocycles. The predicted octanol–water partition coefficient (Wildman–Crippen LogP) is 3.10. The van der Waals surface area contributed by atoms with E-state index in [2.05, 4.69) is 67.8 Å². The first-order valence-corrected chi connectivity index (χ1v) is 10.3. The SMILES string of the molecule is CC1CC(Nc2ncnc3c2nnn3CC2CC2)CCN1Cc1ccccc1. The quantitative estimate of drug-likeness (QED) is 0.712. The van der Waals surface area contributed by atoms with E-state index in [0.29, 0.717) is 12.1 Å². The molecule has 0 radical (unpaired) electrons. The van der Waals surface area contributed by atoms with Crippen LogP contribution in [0, 0.1) is 5.92 Å². The number of piperidine rings is 1. The predicted molar refractivity (Wildman–Crippen MR) is 109 cm³/mol. The average Bonchev–Trinajstić information content (AvgIpc) is 3.44. The Morgan fingerprint density at radius 1 is 1.11 bits per heavy atom. The highest BCUT2D eigenvalue weighted by Crippen LogP contribution is 2.31. The zero-order valence-electron chi connectivity index (χ0n) is 16.3. The molecule has 0 bridgehead atoms. The molecular weight excluding hydrogens is 350 g/mol. The Kier molecular flexibility index (Phi) is 4.68. The molecule has 3 aromatic rings. The third kappa shape index (κ3) is 3.71. The lowest BCUT2D eigenvalue weighted by molar-refractivity contribution is 0.144. The second-order valence-corrected chi connectivity index (χ2v) is 8.28.